The number of rotatable bonds is 6. The second-order valence-corrected chi connectivity index (χ2v) is 14.3. The fourth-order valence-corrected chi connectivity index (χ4v) is 8.33. The minimum atomic E-state index is -1.01. The summed E-state index contributed by atoms with van der Waals surface area (Å²) in [6.45, 7) is 5.77. The summed E-state index contributed by atoms with van der Waals surface area (Å²) in [5.74, 6) is -0.190. The van der Waals surface area contributed by atoms with Gasteiger partial charge in [0.1, 0.15) is 0 Å². The Balaban J connectivity index is 0.961. The monoisotopic (exact) mass is 699 g/mol. The molecule has 5 aromatic rings. The molecule has 50 heavy (non-hydrogen) atoms. The number of hydrogen-bond acceptors (Lipinski definition) is 8. The van der Waals surface area contributed by atoms with Gasteiger partial charge < -0.3 is 24.4 Å². The predicted molar refractivity (Wildman–Crippen MR) is 191 cm³/mol. The van der Waals surface area contributed by atoms with Crippen molar-refractivity contribution in [2.75, 3.05) is 59.4 Å². The molecule has 13 nitrogen and oxygen atoms in total. The minimum absolute atomic E-state index is 0.106. The van der Waals surface area contributed by atoms with E-state index in [9.17, 15) is 14.4 Å². The largest absolute Gasteiger partial charge is 0.436 e. The highest BCUT2D eigenvalue weighted by Crippen LogP contribution is 2.29. The van der Waals surface area contributed by atoms with Crippen molar-refractivity contribution >= 4 is 56.4 Å². The van der Waals surface area contributed by atoms with Crippen LogP contribution in [0, 0.1) is 0 Å². The fourth-order valence-electron chi connectivity index (χ4n) is 8.04. The SMILES string of the molecule is CN1CCC(N2CCN(C(=O)[C@@H](Cc3cc(Cl)c4[nH]ncc4c3)OC(=O)N3CCC(n4c(=O)[nH]c5c6ccccc6ncc54)CC3)CC2)CC1. The van der Waals surface area contributed by atoms with E-state index >= 15 is 0 Å². The van der Waals surface area contributed by atoms with Gasteiger partial charge in [-0.1, -0.05) is 29.8 Å². The fraction of sp³-hybridized carbons (Fsp3) is 0.472. The van der Waals surface area contributed by atoms with E-state index < -0.39 is 12.2 Å². The summed E-state index contributed by atoms with van der Waals surface area (Å²) in [5, 5.41) is 9.23. The van der Waals surface area contributed by atoms with Crippen molar-refractivity contribution < 1.29 is 14.3 Å². The normalized spacial score (nSPS) is 19.5. The van der Waals surface area contributed by atoms with Crippen LogP contribution in [-0.4, -0.2) is 128 Å². The van der Waals surface area contributed by atoms with Crippen LogP contribution in [-0.2, 0) is 16.0 Å². The molecular formula is C36H42ClN9O4. The van der Waals surface area contributed by atoms with Crippen LogP contribution in [0.3, 0.4) is 0 Å². The number of pyridine rings is 1. The molecule has 6 heterocycles. The maximum Gasteiger partial charge on any atom is 0.410 e. The molecule has 0 spiro atoms. The lowest BCUT2D eigenvalue weighted by Crippen LogP contribution is -2.56. The lowest BCUT2D eigenvalue weighted by molar-refractivity contribution is -0.143. The average Bonchev–Trinajstić information content (AvgIpc) is 3.76. The molecule has 2 amide bonds. The highest BCUT2D eigenvalue weighted by atomic mass is 35.5. The molecule has 2 N–H and O–H groups in total. The van der Waals surface area contributed by atoms with E-state index in [1.165, 1.54) is 0 Å². The van der Waals surface area contributed by atoms with Gasteiger partial charge in [-0.25, -0.2) is 9.59 Å². The van der Waals surface area contributed by atoms with Crippen LogP contribution in [0.25, 0.3) is 32.8 Å². The van der Waals surface area contributed by atoms with E-state index in [0.717, 1.165) is 77.4 Å². The van der Waals surface area contributed by atoms with Crippen LogP contribution in [0.1, 0.15) is 37.3 Å². The quantitative estimate of drug-likeness (QED) is 0.271. The summed E-state index contributed by atoms with van der Waals surface area (Å²) < 4.78 is 7.86. The summed E-state index contributed by atoms with van der Waals surface area (Å²) >= 11 is 6.55. The molecule has 2 aromatic carbocycles. The molecule has 3 aromatic heterocycles. The standard InChI is InChI=1S/C36H42ClN9O4/c1-42-10-6-25(7-11-42)43-14-16-44(17-15-43)34(47)31(20-23-18-24-21-39-41-32(24)28(37)19-23)50-36(49)45-12-8-26(9-13-45)46-30-22-38-29-5-3-2-4-27(29)33(30)40-35(46)48/h2-5,18-19,21-22,25-26,31H,6-17,20H2,1H3,(H,39,41)(H,40,48)/t31-/m1/s1. The number of para-hydroxylation sites is 1. The van der Waals surface area contributed by atoms with Crippen LogP contribution in [0.2, 0.25) is 5.02 Å². The Morgan fingerprint density at radius 2 is 1.66 bits per heavy atom. The zero-order valence-electron chi connectivity index (χ0n) is 28.2. The van der Waals surface area contributed by atoms with Gasteiger partial charge in [0.2, 0.25) is 0 Å². The van der Waals surface area contributed by atoms with Crippen LogP contribution in [0.4, 0.5) is 4.79 Å². The van der Waals surface area contributed by atoms with Gasteiger partial charge in [0.15, 0.2) is 6.10 Å². The first-order valence-electron chi connectivity index (χ1n) is 17.6. The zero-order chi connectivity index (χ0) is 34.4. The Morgan fingerprint density at radius 3 is 2.44 bits per heavy atom. The second-order valence-electron chi connectivity index (χ2n) is 13.9. The molecule has 3 aliphatic rings. The van der Waals surface area contributed by atoms with E-state index in [-0.39, 0.29) is 24.1 Å². The Morgan fingerprint density at radius 1 is 0.920 bits per heavy atom. The molecule has 0 unspecified atom stereocenters. The third-order valence-electron chi connectivity index (χ3n) is 10.9. The van der Waals surface area contributed by atoms with Gasteiger partial charge in [-0.05, 0) is 69.6 Å². The lowest BCUT2D eigenvalue weighted by atomic mass is 10.0. The Hall–Kier alpha value is -4.46. The topological polar surface area (TPSA) is 136 Å². The van der Waals surface area contributed by atoms with Crippen molar-refractivity contribution in [1.82, 2.24) is 44.3 Å². The number of piperidine rings is 2. The van der Waals surface area contributed by atoms with E-state index in [2.05, 4.69) is 37.0 Å². The van der Waals surface area contributed by atoms with Crippen molar-refractivity contribution in [3.05, 3.63) is 69.9 Å². The number of nitrogens with one attached hydrogen (secondary N) is 2. The molecule has 8 rings (SSSR count). The number of benzene rings is 2. The second kappa shape index (κ2) is 13.7. The first-order chi connectivity index (χ1) is 24.3. The van der Waals surface area contributed by atoms with Crippen LogP contribution >= 0.6 is 11.6 Å². The summed E-state index contributed by atoms with van der Waals surface area (Å²) in [5.41, 5.74) is 3.67. The molecule has 3 aliphatic heterocycles. The number of imidazole rings is 1. The molecular weight excluding hydrogens is 658 g/mol. The number of hydrogen-bond donors (Lipinski definition) is 2. The number of halogens is 1. The number of carbonyl (C=O) groups excluding carboxylic acids is 2. The van der Waals surface area contributed by atoms with Crippen LogP contribution in [0.5, 0.6) is 0 Å². The van der Waals surface area contributed by atoms with E-state index in [1.807, 2.05) is 35.2 Å². The molecule has 0 radical (unpaired) electrons. The van der Waals surface area contributed by atoms with Crippen LogP contribution < -0.4 is 5.69 Å². The van der Waals surface area contributed by atoms with E-state index in [4.69, 9.17) is 16.3 Å². The Labute approximate surface area is 294 Å². The van der Waals surface area contributed by atoms with Crippen molar-refractivity contribution in [2.24, 2.45) is 0 Å². The maximum atomic E-state index is 14.1. The number of amides is 2. The maximum absolute atomic E-state index is 14.1. The molecule has 262 valence electrons. The van der Waals surface area contributed by atoms with Gasteiger partial charge in [-0.15, -0.1) is 0 Å². The molecule has 3 fully saturated rings. The van der Waals surface area contributed by atoms with Gasteiger partial charge in [0.25, 0.3) is 5.91 Å². The summed E-state index contributed by atoms with van der Waals surface area (Å²) in [6, 6.07) is 11.9. The first-order valence-corrected chi connectivity index (χ1v) is 18.0. The number of H-pyrrole nitrogens is 2. The van der Waals surface area contributed by atoms with Gasteiger partial charge in [0, 0.05) is 68.5 Å². The molecule has 14 heteroatoms. The predicted octanol–water partition coefficient (Wildman–Crippen LogP) is 4.03. The number of likely N-dealkylation sites (tertiary alicyclic amines) is 2. The van der Waals surface area contributed by atoms with E-state index in [1.54, 1.807) is 27.9 Å². The molecule has 0 saturated carbocycles. The summed E-state index contributed by atoms with van der Waals surface area (Å²) in [4.78, 5) is 57.0. The number of nitrogens with zero attached hydrogens (tertiary/aromatic N) is 7. The average molecular weight is 700 g/mol. The summed E-state index contributed by atoms with van der Waals surface area (Å²) in [7, 11) is 2.16. The van der Waals surface area contributed by atoms with Gasteiger partial charge in [-0.2, -0.15) is 5.10 Å². The van der Waals surface area contributed by atoms with E-state index in [0.29, 0.717) is 50.1 Å². The Kier molecular flexibility index (Phi) is 8.96. The number of aromatic amines is 2. The van der Waals surface area contributed by atoms with Gasteiger partial charge >= 0.3 is 11.8 Å². The highest BCUT2D eigenvalue weighted by Gasteiger charge is 2.35. The van der Waals surface area contributed by atoms with Crippen molar-refractivity contribution in [3.8, 4) is 0 Å². The number of ether oxygens (including phenoxy) is 1. The highest BCUT2D eigenvalue weighted by molar-refractivity contribution is 6.35. The van der Waals surface area contributed by atoms with Crippen molar-refractivity contribution in [2.45, 2.75) is 50.3 Å². The van der Waals surface area contributed by atoms with Gasteiger partial charge in [-0.3, -0.25) is 24.3 Å². The minimum Gasteiger partial charge on any atom is -0.436 e. The zero-order valence-corrected chi connectivity index (χ0v) is 28.9. The third kappa shape index (κ3) is 6.33. The molecule has 1 atom stereocenters. The molecule has 0 bridgehead atoms. The summed E-state index contributed by atoms with van der Waals surface area (Å²) in [6.07, 6.45) is 5.51. The van der Waals surface area contributed by atoms with Gasteiger partial charge in [0.05, 0.1) is 39.5 Å². The number of aromatic nitrogens is 5. The molecule has 3 saturated heterocycles. The van der Waals surface area contributed by atoms with Crippen molar-refractivity contribution in [1.29, 1.82) is 0 Å². The smallest absolute Gasteiger partial charge is 0.410 e. The number of piperazine rings is 1. The number of carbonyl (C=O) groups is 2. The lowest BCUT2D eigenvalue weighted by Gasteiger charge is -2.42. The number of fused-ring (bicyclic) bond motifs is 4. The Bertz CT molecular complexity index is 2090. The van der Waals surface area contributed by atoms with Crippen molar-refractivity contribution in [3.63, 3.8) is 0 Å². The van der Waals surface area contributed by atoms with Crippen LogP contribution in [0.15, 0.2) is 53.6 Å². The molecule has 0 aliphatic carbocycles. The third-order valence-corrected chi connectivity index (χ3v) is 11.2. The first kappa shape index (κ1) is 32.7.